The second kappa shape index (κ2) is 6.33. The van der Waals surface area contributed by atoms with Gasteiger partial charge in [-0.2, -0.15) is 0 Å². The van der Waals surface area contributed by atoms with Crippen LogP contribution < -0.4 is 5.32 Å². The highest BCUT2D eigenvalue weighted by Gasteiger charge is 2.22. The Morgan fingerprint density at radius 1 is 1.56 bits per heavy atom. The predicted molar refractivity (Wildman–Crippen MR) is 68.7 cm³/mol. The first-order valence-electron chi connectivity index (χ1n) is 6.17. The molecule has 16 heavy (non-hydrogen) atoms. The summed E-state index contributed by atoms with van der Waals surface area (Å²) in [6.45, 7) is 3.42. The third-order valence-corrected chi connectivity index (χ3v) is 4.06. The number of hydrogen-bond donors (Lipinski definition) is 1. The van der Waals surface area contributed by atoms with Gasteiger partial charge in [-0.1, -0.05) is 6.42 Å². The van der Waals surface area contributed by atoms with Crippen LogP contribution in [0.4, 0.5) is 0 Å². The van der Waals surface area contributed by atoms with Gasteiger partial charge in [0.1, 0.15) is 5.01 Å². The van der Waals surface area contributed by atoms with Crippen LogP contribution in [-0.2, 0) is 6.54 Å². The Hall–Kier alpha value is -0.450. The van der Waals surface area contributed by atoms with Gasteiger partial charge in [-0.3, -0.25) is 4.90 Å². The lowest BCUT2D eigenvalue weighted by molar-refractivity contribution is 0.132. The van der Waals surface area contributed by atoms with E-state index in [9.17, 15) is 0 Å². The molecule has 0 spiro atoms. The number of hydrogen-bond acceptors (Lipinski definition) is 4. The number of nitrogens with one attached hydrogen (secondary N) is 1. The average Bonchev–Trinajstić information content (AvgIpc) is 2.81. The van der Waals surface area contributed by atoms with Crippen molar-refractivity contribution in [2.24, 2.45) is 0 Å². The molecule has 0 radical (unpaired) electrons. The van der Waals surface area contributed by atoms with Crippen molar-refractivity contribution >= 4 is 11.3 Å². The summed E-state index contributed by atoms with van der Waals surface area (Å²) in [4.78, 5) is 7.00. The molecule has 1 fully saturated rings. The van der Waals surface area contributed by atoms with E-state index in [1.807, 2.05) is 13.2 Å². The van der Waals surface area contributed by atoms with Crippen molar-refractivity contribution in [2.45, 2.75) is 38.3 Å². The van der Waals surface area contributed by atoms with Gasteiger partial charge in [-0.05, 0) is 39.4 Å². The third kappa shape index (κ3) is 3.27. The molecular formula is C12H21N3S. The molecule has 2 rings (SSSR count). The molecule has 1 aromatic heterocycles. The second-order valence-corrected chi connectivity index (χ2v) is 5.42. The summed E-state index contributed by atoms with van der Waals surface area (Å²) in [6.07, 6.45) is 7.27. The van der Waals surface area contributed by atoms with Crippen LogP contribution in [0.1, 0.15) is 30.7 Å². The minimum absolute atomic E-state index is 0.755. The third-order valence-electron chi connectivity index (χ3n) is 3.30. The van der Waals surface area contributed by atoms with Crippen LogP contribution in [0.3, 0.4) is 0 Å². The fraction of sp³-hybridized carbons (Fsp3) is 0.750. The summed E-state index contributed by atoms with van der Waals surface area (Å²) >= 11 is 1.77. The zero-order chi connectivity index (χ0) is 11.2. The molecule has 4 heteroatoms. The predicted octanol–water partition coefficient (Wildman–Crippen LogP) is 2.11. The lowest BCUT2D eigenvalue weighted by atomic mass is 9.99. The van der Waals surface area contributed by atoms with Crippen molar-refractivity contribution in [1.82, 2.24) is 15.2 Å². The van der Waals surface area contributed by atoms with E-state index in [2.05, 4.69) is 20.6 Å². The number of rotatable bonds is 5. The summed E-state index contributed by atoms with van der Waals surface area (Å²) in [5.41, 5.74) is 0. The molecular weight excluding hydrogens is 218 g/mol. The number of nitrogens with zero attached hydrogens (tertiary/aromatic N) is 2. The molecule has 1 saturated heterocycles. The fourth-order valence-corrected chi connectivity index (χ4v) is 3.05. The molecule has 1 aliphatic heterocycles. The maximum atomic E-state index is 4.39. The molecule has 2 heterocycles. The number of piperidine rings is 1. The quantitative estimate of drug-likeness (QED) is 0.853. The van der Waals surface area contributed by atoms with Crippen LogP contribution in [0, 0.1) is 0 Å². The van der Waals surface area contributed by atoms with E-state index in [4.69, 9.17) is 0 Å². The van der Waals surface area contributed by atoms with Gasteiger partial charge in [-0.25, -0.2) is 4.98 Å². The Balaban J connectivity index is 1.88. The standard InChI is InChI=1S/C12H21N3S/c1-13-6-5-11-4-2-3-8-15(11)10-12-14-7-9-16-12/h7,9,11,13H,2-6,8,10H2,1H3. The van der Waals surface area contributed by atoms with Gasteiger partial charge in [0.25, 0.3) is 0 Å². The summed E-state index contributed by atoms with van der Waals surface area (Å²) in [5, 5.41) is 6.59. The zero-order valence-corrected chi connectivity index (χ0v) is 10.8. The number of likely N-dealkylation sites (tertiary alicyclic amines) is 1. The van der Waals surface area contributed by atoms with Crippen LogP contribution in [0.2, 0.25) is 0 Å². The van der Waals surface area contributed by atoms with E-state index in [0.29, 0.717) is 0 Å². The van der Waals surface area contributed by atoms with Crippen molar-refractivity contribution in [3.05, 3.63) is 16.6 Å². The number of thiazole rings is 1. The van der Waals surface area contributed by atoms with E-state index >= 15 is 0 Å². The normalized spacial score (nSPS) is 22.4. The molecule has 0 aromatic carbocycles. The van der Waals surface area contributed by atoms with Gasteiger partial charge >= 0.3 is 0 Å². The van der Waals surface area contributed by atoms with E-state index in [1.54, 1.807) is 11.3 Å². The van der Waals surface area contributed by atoms with Gasteiger partial charge in [0.15, 0.2) is 0 Å². The van der Waals surface area contributed by atoms with Crippen LogP contribution in [-0.4, -0.2) is 36.1 Å². The first-order valence-corrected chi connectivity index (χ1v) is 7.05. The molecule has 1 aromatic rings. The fourth-order valence-electron chi connectivity index (χ4n) is 2.41. The maximum Gasteiger partial charge on any atom is 0.107 e. The smallest absolute Gasteiger partial charge is 0.107 e. The molecule has 0 bridgehead atoms. The monoisotopic (exact) mass is 239 g/mol. The SMILES string of the molecule is CNCCC1CCCCN1Cc1nccs1. The molecule has 3 nitrogen and oxygen atoms in total. The summed E-state index contributed by atoms with van der Waals surface area (Å²) in [5.74, 6) is 0. The van der Waals surface area contributed by atoms with Gasteiger partial charge in [0.2, 0.25) is 0 Å². The van der Waals surface area contributed by atoms with Crippen molar-refractivity contribution in [1.29, 1.82) is 0 Å². The minimum Gasteiger partial charge on any atom is -0.320 e. The molecule has 1 aliphatic rings. The Bertz CT molecular complexity index is 286. The van der Waals surface area contributed by atoms with Gasteiger partial charge in [0, 0.05) is 17.6 Å². The first-order chi connectivity index (χ1) is 7.90. The van der Waals surface area contributed by atoms with E-state index in [1.165, 1.54) is 37.2 Å². The van der Waals surface area contributed by atoms with Crippen molar-refractivity contribution in [2.75, 3.05) is 20.1 Å². The number of aromatic nitrogens is 1. The Labute approximate surface area is 102 Å². The van der Waals surface area contributed by atoms with Crippen molar-refractivity contribution < 1.29 is 0 Å². The lowest BCUT2D eigenvalue weighted by Crippen LogP contribution is -2.40. The summed E-state index contributed by atoms with van der Waals surface area (Å²) < 4.78 is 0. The first kappa shape index (κ1) is 12.0. The van der Waals surface area contributed by atoms with Gasteiger partial charge in [-0.15, -0.1) is 11.3 Å². The van der Waals surface area contributed by atoms with Crippen LogP contribution >= 0.6 is 11.3 Å². The van der Waals surface area contributed by atoms with Crippen LogP contribution in [0.5, 0.6) is 0 Å². The Kier molecular flexibility index (Phi) is 4.75. The largest absolute Gasteiger partial charge is 0.320 e. The molecule has 1 N–H and O–H groups in total. The van der Waals surface area contributed by atoms with Gasteiger partial charge < -0.3 is 5.32 Å². The molecule has 0 amide bonds. The topological polar surface area (TPSA) is 28.2 Å². The average molecular weight is 239 g/mol. The highest BCUT2D eigenvalue weighted by Crippen LogP contribution is 2.22. The van der Waals surface area contributed by atoms with E-state index in [0.717, 1.165) is 19.1 Å². The Morgan fingerprint density at radius 3 is 3.25 bits per heavy atom. The van der Waals surface area contributed by atoms with Crippen LogP contribution in [0.15, 0.2) is 11.6 Å². The Morgan fingerprint density at radius 2 is 2.50 bits per heavy atom. The molecule has 1 unspecified atom stereocenters. The molecule has 1 atom stereocenters. The molecule has 90 valence electrons. The van der Waals surface area contributed by atoms with E-state index < -0.39 is 0 Å². The van der Waals surface area contributed by atoms with Crippen molar-refractivity contribution in [3.8, 4) is 0 Å². The molecule has 0 aliphatic carbocycles. The molecule has 0 saturated carbocycles. The summed E-state index contributed by atoms with van der Waals surface area (Å²) in [6, 6.07) is 0.755. The lowest BCUT2D eigenvalue weighted by Gasteiger charge is -2.35. The highest BCUT2D eigenvalue weighted by molar-refractivity contribution is 7.09. The second-order valence-electron chi connectivity index (χ2n) is 4.44. The zero-order valence-electron chi connectivity index (χ0n) is 9.98. The van der Waals surface area contributed by atoms with Crippen molar-refractivity contribution in [3.63, 3.8) is 0 Å². The summed E-state index contributed by atoms with van der Waals surface area (Å²) in [7, 11) is 2.04. The maximum absolute atomic E-state index is 4.39. The van der Waals surface area contributed by atoms with Crippen LogP contribution in [0.25, 0.3) is 0 Å². The highest BCUT2D eigenvalue weighted by atomic mass is 32.1. The van der Waals surface area contributed by atoms with Gasteiger partial charge in [0.05, 0.1) is 6.54 Å². The minimum atomic E-state index is 0.755. The van der Waals surface area contributed by atoms with E-state index in [-0.39, 0.29) is 0 Å².